The monoisotopic (exact) mass is 310 g/mol. The van der Waals surface area contributed by atoms with Crippen molar-refractivity contribution < 1.29 is 14.3 Å². The van der Waals surface area contributed by atoms with E-state index in [9.17, 15) is 14.3 Å². The Morgan fingerprint density at radius 1 is 1.14 bits per heavy atom. The Hall–Kier alpha value is -1.09. The van der Waals surface area contributed by atoms with Crippen molar-refractivity contribution in [3.63, 3.8) is 0 Å². The lowest BCUT2D eigenvalue weighted by molar-refractivity contribution is -0.156. The average Bonchev–Trinajstić information content (AvgIpc) is 2.65. The van der Waals surface area contributed by atoms with Crippen molar-refractivity contribution in [2.24, 2.45) is 5.41 Å². The second-order valence-corrected chi connectivity index (χ2v) is 7.16. The van der Waals surface area contributed by atoms with Crippen LogP contribution in [0.2, 0.25) is 5.02 Å². The Bertz CT molecular complexity index is 554. The minimum absolute atomic E-state index is 0.00920. The summed E-state index contributed by atoms with van der Waals surface area (Å²) in [5.74, 6) is -1.48. The third-order valence-corrected chi connectivity index (χ3v) is 5.69. The molecule has 2 aliphatic carbocycles. The van der Waals surface area contributed by atoms with Gasteiger partial charge < -0.3 is 5.11 Å². The highest BCUT2D eigenvalue weighted by Gasteiger charge is 2.60. The largest absolute Gasteiger partial charge is 0.481 e. The van der Waals surface area contributed by atoms with Gasteiger partial charge in [0, 0.05) is 5.56 Å². The molecule has 2 nitrogen and oxygen atoms in total. The molecule has 1 spiro atoms. The highest BCUT2D eigenvalue weighted by atomic mass is 35.5. The molecule has 2 fully saturated rings. The molecule has 0 radical (unpaired) electrons. The first-order valence-corrected chi connectivity index (χ1v) is 8.05. The summed E-state index contributed by atoms with van der Waals surface area (Å²) in [4.78, 5) is 11.9. The number of benzene rings is 1. The molecule has 3 rings (SSSR count). The predicted molar refractivity (Wildman–Crippen MR) is 80.1 cm³/mol. The van der Waals surface area contributed by atoms with Crippen LogP contribution in [0.5, 0.6) is 0 Å². The molecule has 21 heavy (non-hydrogen) atoms. The van der Waals surface area contributed by atoms with Gasteiger partial charge in [-0.1, -0.05) is 49.4 Å². The van der Waals surface area contributed by atoms with E-state index in [1.54, 1.807) is 12.1 Å². The molecule has 2 aliphatic rings. The maximum absolute atomic E-state index is 14.3. The maximum atomic E-state index is 14.3. The average molecular weight is 311 g/mol. The van der Waals surface area contributed by atoms with Crippen molar-refractivity contribution in [2.75, 3.05) is 0 Å². The molecular weight excluding hydrogens is 291 g/mol. The van der Waals surface area contributed by atoms with Gasteiger partial charge in [0.25, 0.3) is 0 Å². The quantitative estimate of drug-likeness (QED) is 0.840. The highest BCUT2D eigenvalue weighted by molar-refractivity contribution is 6.30. The highest BCUT2D eigenvalue weighted by Crippen LogP contribution is 2.62. The molecule has 0 saturated heterocycles. The number of aliphatic carboxylic acids is 1. The van der Waals surface area contributed by atoms with E-state index in [0.29, 0.717) is 12.8 Å². The van der Waals surface area contributed by atoms with E-state index in [-0.39, 0.29) is 16.0 Å². The number of carbonyl (C=O) groups is 1. The van der Waals surface area contributed by atoms with Crippen molar-refractivity contribution in [3.05, 3.63) is 34.6 Å². The van der Waals surface area contributed by atoms with Crippen LogP contribution in [-0.2, 0) is 10.2 Å². The van der Waals surface area contributed by atoms with Crippen molar-refractivity contribution in [1.82, 2.24) is 0 Å². The van der Waals surface area contributed by atoms with E-state index < -0.39 is 17.2 Å². The van der Waals surface area contributed by atoms with E-state index in [2.05, 4.69) is 0 Å². The molecule has 1 N–H and O–H groups in total. The molecule has 1 aromatic carbocycles. The van der Waals surface area contributed by atoms with Gasteiger partial charge in [0.2, 0.25) is 0 Å². The number of hydrogen-bond donors (Lipinski definition) is 1. The van der Waals surface area contributed by atoms with Crippen LogP contribution in [-0.4, -0.2) is 11.1 Å². The fourth-order valence-electron chi connectivity index (χ4n) is 4.39. The van der Waals surface area contributed by atoms with Crippen LogP contribution in [0.1, 0.15) is 56.9 Å². The van der Waals surface area contributed by atoms with E-state index in [1.807, 2.05) is 0 Å². The number of carboxylic acid groups (broad SMARTS) is 1. The van der Waals surface area contributed by atoms with Crippen LogP contribution in [0.4, 0.5) is 4.39 Å². The molecule has 0 unspecified atom stereocenters. The summed E-state index contributed by atoms with van der Waals surface area (Å²) < 4.78 is 14.3. The third-order valence-electron chi connectivity index (χ3n) is 5.39. The van der Waals surface area contributed by atoms with Gasteiger partial charge in [0.05, 0.1) is 10.4 Å². The van der Waals surface area contributed by atoms with E-state index >= 15 is 0 Å². The first-order chi connectivity index (χ1) is 9.99. The van der Waals surface area contributed by atoms with Gasteiger partial charge in [0.1, 0.15) is 5.82 Å². The van der Waals surface area contributed by atoms with E-state index in [0.717, 1.165) is 25.7 Å². The molecule has 0 aromatic heterocycles. The lowest BCUT2D eigenvalue weighted by Crippen LogP contribution is -2.54. The maximum Gasteiger partial charge on any atom is 0.314 e. The molecule has 0 atom stereocenters. The Balaban J connectivity index is 1.94. The van der Waals surface area contributed by atoms with Crippen molar-refractivity contribution in [1.29, 1.82) is 0 Å². The van der Waals surface area contributed by atoms with Crippen molar-refractivity contribution in [2.45, 2.75) is 56.8 Å². The zero-order chi connectivity index (χ0) is 15.1. The fourth-order valence-corrected chi connectivity index (χ4v) is 4.57. The van der Waals surface area contributed by atoms with Crippen LogP contribution < -0.4 is 0 Å². The lowest BCUT2D eigenvalue weighted by atomic mass is 9.48. The standard InChI is InChI=1S/C17H20ClFO2/c18-13-7-5-6-12(14(13)19)17(15(20)21)10-16(11-17)8-3-1-2-4-9-16/h5-7H,1-4,8-11H2,(H,20,21). The Morgan fingerprint density at radius 2 is 1.76 bits per heavy atom. The van der Waals surface area contributed by atoms with Crippen LogP contribution in [0.25, 0.3) is 0 Å². The van der Waals surface area contributed by atoms with Crippen LogP contribution in [0, 0.1) is 11.2 Å². The van der Waals surface area contributed by atoms with Gasteiger partial charge in [0.15, 0.2) is 0 Å². The van der Waals surface area contributed by atoms with Crippen molar-refractivity contribution in [3.8, 4) is 0 Å². The summed E-state index contributed by atoms with van der Waals surface area (Å²) in [6.07, 6.45) is 8.02. The predicted octanol–water partition coefficient (Wildman–Crippen LogP) is 4.94. The van der Waals surface area contributed by atoms with Gasteiger partial charge >= 0.3 is 5.97 Å². The minimum atomic E-state index is -1.08. The first-order valence-electron chi connectivity index (χ1n) is 7.67. The number of halogens is 2. The minimum Gasteiger partial charge on any atom is -0.481 e. The number of carboxylic acids is 1. The summed E-state index contributed by atoms with van der Waals surface area (Å²) in [6, 6.07) is 4.69. The molecule has 0 bridgehead atoms. The van der Waals surface area contributed by atoms with E-state index in [4.69, 9.17) is 11.6 Å². The van der Waals surface area contributed by atoms with Crippen LogP contribution in [0.3, 0.4) is 0 Å². The van der Waals surface area contributed by atoms with Crippen LogP contribution in [0.15, 0.2) is 18.2 Å². The second kappa shape index (κ2) is 5.28. The normalized spacial score (nSPS) is 23.3. The second-order valence-electron chi connectivity index (χ2n) is 6.76. The Morgan fingerprint density at radius 3 is 2.33 bits per heavy atom. The Labute approximate surface area is 129 Å². The molecule has 0 aliphatic heterocycles. The summed E-state index contributed by atoms with van der Waals surface area (Å²) >= 11 is 5.84. The van der Waals surface area contributed by atoms with Crippen molar-refractivity contribution >= 4 is 17.6 Å². The first kappa shape index (κ1) is 14.8. The molecule has 1 aromatic rings. The summed E-state index contributed by atoms with van der Waals surface area (Å²) in [7, 11) is 0. The zero-order valence-electron chi connectivity index (χ0n) is 12.0. The Kier molecular flexibility index (Phi) is 3.73. The van der Waals surface area contributed by atoms with Gasteiger partial charge in [-0.25, -0.2) is 4.39 Å². The SMILES string of the molecule is O=C(O)C1(c2cccc(Cl)c2F)CC2(CCCCCC2)C1. The van der Waals surface area contributed by atoms with Crippen LogP contribution >= 0.6 is 11.6 Å². The molecule has 114 valence electrons. The molecule has 0 amide bonds. The fraction of sp³-hybridized carbons (Fsp3) is 0.588. The summed E-state index contributed by atoms with van der Waals surface area (Å²) in [6.45, 7) is 0. The topological polar surface area (TPSA) is 37.3 Å². The van der Waals surface area contributed by atoms with Gasteiger partial charge in [-0.15, -0.1) is 0 Å². The number of hydrogen-bond acceptors (Lipinski definition) is 1. The molecule has 2 saturated carbocycles. The molecular formula is C17H20ClFO2. The van der Waals surface area contributed by atoms with Gasteiger partial charge in [-0.2, -0.15) is 0 Å². The van der Waals surface area contributed by atoms with Gasteiger partial charge in [-0.3, -0.25) is 4.79 Å². The molecule has 0 heterocycles. The lowest BCUT2D eigenvalue weighted by Gasteiger charge is -2.54. The van der Waals surface area contributed by atoms with E-state index in [1.165, 1.54) is 18.9 Å². The summed E-state index contributed by atoms with van der Waals surface area (Å²) in [5, 5.41) is 9.74. The van der Waals surface area contributed by atoms with Gasteiger partial charge in [-0.05, 0) is 37.2 Å². The third kappa shape index (κ3) is 2.36. The number of rotatable bonds is 2. The summed E-state index contributed by atoms with van der Waals surface area (Å²) in [5.41, 5.74) is -0.722. The smallest absolute Gasteiger partial charge is 0.314 e. The molecule has 4 heteroatoms. The zero-order valence-corrected chi connectivity index (χ0v) is 12.8.